The van der Waals surface area contributed by atoms with Gasteiger partial charge < -0.3 is 14.7 Å². The Bertz CT molecular complexity index is 635. The lowest BCUT2D eigenvalue weighted by molar-refractivity contribution is -0.144. The predicted octanol–water partition coefficient (Wildman–Crippen LogP) is 1.69. The van der Waals surface area contributed by atoms with Crippen molar-refractivity contribution >= 4 is 11.9 Å². The highest BCUT2D eigenvalue weighted by Gasteiger charge is 2.38. The Morgan fingerprint density at radius 2 is 1.72 bits per heavy atom. The molecule has 0 spiro atoms. The van der Waals surface area contributed by atoms with Crippen molar-refractivity contribution in [3.05, 3.63) is 34.9 Å². The number of carboxylic acid groups (broad SMARTS) is 1. The number of rotatable bonds is 3. The van der Waals surface area contributed by atoms with Gasteiger partial charge in [-0.05, 0) is 38.8 Å². The summed E-state index contributed by atoms with van der Waals surface area (Å²) in [6.45, 7) is 7.43. The van der Waals surface area contributed by atoms with E-state index in [2.05, 4.69) is 4.90 Å². The summed E-state index contributed by atoms with van der Waals surface area (Å²) < 4.78 is 5.38. The molecule has 1 aromatic carbocycles. The molecule has 2 aliphatic heterocycles. The fraction of sp³-hybridized carbons (Fsp3) is 0.579. The Labute approximate surface area is 148 Å². The van der Waals surface area contributed by atoms with Crippen LogP contribution in [0.15, 0.2) is 18.2 Å². The van der Waals surface area contributed by atoms with Gasteiger partial charge in [0.15, 0.2) is 0 Å². The first-order chi connectivity index (χ1) is 12.0. The van der Waals surface area contributed by atoms with Gasteiger partial charge in [-0.3, -0.25) is 9.69 Å². The van der Waals surface area contributed by atoms with Crippen molar-refractivity contribution in [3.63, 3.8) is 0 Å². The highest BCUT2D eigenvalue weighted by molar-refractivity contribution is 5.97. The van der Waals surface area contributed by atoms with Gasteiger partial charge in [0.25, 0.3) is 5.91 Å². The van der Waals surface area contributed by atoms with Crippen LogP contribution in [0.4, 0.5) is 0 Å². The van der Waals surface area contributed by atoms with Crippen LogP contribution in [0.1, 0.15) is 34.3 Å². The number of hydrogen-bond donors (Lipinski definition) is 1. The van der Waals surface area contributed by atoms with Crippen molar-refractivity contribution in [3.8, 4) is 0 Å². The average Bonchev–Trinajstić information content (AvgIpc) is 2.60. The van der Waals surface area contributed by atoms with Crippen molar-refractivity contribution in [2.75, 3.05) is 32.8 Å². The molecule has 136 valence electrons. The van der Waals surface area contributed by atoms with Gasteiger partial charge in [-0.2, -0.15) is 0 Å². The molecule has 0 aliphatic carbocycles. The summed E-state index contributed by atoms with van der Waals surface area (Å²) in [6.07, 6.45) is 1.28. The van der Waals surface area contributed by atoms with E-state index in [9.17, 15) is 14.7 Å². The van der Waals surface area contributed by atoms with Crippen LogP contribution in [-0.2, 0) is 9.53 Å². The highest BCUT2D eigenvalue weighted by Crippen LogP contribution is 2.25. The number of aryl methyl sites for hydroxylation is 2. The fourth-order valence-electron chi connectivity index (χ4n) is 3.96. The summed E-state index contributed by atoms with van der Waals surface area (Å²) in [5.41, 5.74) is 2.60. The Balaban J connectivity index is 1.76. The van der Waals surface area contributed by atoms with E-state index in [1.54, 1.807) is 0 Å². The van der Waals surface area contributed by atoms with Crippen molar-refractivity contribution in [1.29, 1.82) is 0 Å². The van der Waals surface area contributed by atoms with E-state index in [4.69, 9.17) is 4.74 Å². The van der Waals surface area contributed by atoms with Crippen LogP contribution >= 0.6 is 0 Å². The SMILES string of the molecule is Cc1cc(C)cc(C(=O)N2CCC(N3CCOCC3)CC2C(=O)O)c1. The quantitative estimate of drug-likeness (QED) is 0.902. The molecule has 25 heavy (non-hydrogen) atoms. The summed E-state index contributed by atoms with van der Waals surface area (Å²) in [7, 11) is 0. The third kappa shape index (κ3) is 4.02. The zero-order chi connectivity index (χ0) is 18.0. The van der Waals surface area contributed by atoms with Crippen LogP contribution in [0, 0.1) is 13.8 Å². The van der Waals surface area contributed by atoms with E-state index in [0.29, 0.717) is 31.7 Å². The van der Waals surface area contributed by atoms with E-state index in [0.717, 1.165) is 30.6 Å². The molecule has 1 aromatic rings. The second kappa shape index (κ2) is 7.54. The summed E-state index contributed by atoms with van der Waals surface area (Å²) in [4.78, 5) is 28.6. The number of nitrogens with zero attached hydrogens (tertiary/aromatic N) is 2. The van der Waals surface area contributed by atoms with Gasteiger partial charge in [0.2, 0.25) is 0 Å². The number of hydrogen-bond acceptors (Lipinski definition) is 4. The molecule has 0 saturated carbocycles. The Morgan fingerprint density at radius 3 is 2.32 bits per heavy atom. The number of carbonyl (C=O) groups excluding carboxylic acids is 1. The number of carboxylic acids is 1. The lowest BCUT2D eigenvalue weighted by Gasteiger charge is -2.43. The molecule has 2 saturated heterocycles. The van der Waals surface area contributed by atoms with Gasteiger partial charge in [-0.25, -0.2) is 4.79 Å². The second-order valence-electron chi connectivity index (χ2n) is 7.06. The van der Waals surface area contributed by atoms with E-state index in [1.807, 2.05) is 32.0 Å². The van der Waals surface area contributed by atoms with Gasteiger partial charge in [0.1, 0.15) is 6.04 Å². The molecule has 2 fully saturated rings. The number of amides is 1. The molecule has 2 unspecified atom stereocenters. The third-order valence-electron chi connectivity index (χ3n) is 5.15. The Hall–Kier alpha value is -1.92. The first kappa shape index (κ1) is 17.9. The van der Waals surface area contributed by atoms with Gasteiger partial charge in [0, 0.05) is 31.2 Å². The molecule has 1 N–H and O–H groups in total. The molecule has 2 heterocycles. The maximum absolute atomic E-state index is 12.9. The molecular formula is C19H26N2O4. The standard InChI is InChI=1S/C19H26N2O4/c1-13-9-14(2)11-15(10-13)18(22)21-4-3-16(12-17(21)19(23)24)20-5-7-25-8-6-20/h9-11,16-17H,3-8,12H2,1-2H3,(H,23,24). The zero-order valence-electron chi connectivity index (χ0n) is 14.9. The lowest BCUT2D eigenvalue weighted by Crippen LogP contribution is -2.56. The minimum absolute atomic E-state index is 0.181. The number of benzene rings is 1. The van der Waals surface area contributed by atoms with Gasteiger partial charge in [-0.1, -0.05) is 17.2 Å². The van der Waals surface area contributed by atoms with Crippen LogP contribution in [-0.4, -0.2) is 71.7 Å². The minimum atomic E-state index is -0.921. The molecule has 3 rings (SSSR count). The number of ether oxygens (including phenoxy) is 1. The fourth-order valence-corrected chi connectivity index (χ4v) is 3.96. The lowest BCUT2D eigenvalue weighted by atomic mass is 9.94. The van der Waals surface area contributed by atoms with Gasteiger partial charge in [-0.15, -0.1) is 0 Å². The first-order valence-corrected chi connectivity index (χ1v) is 8.89. The average molecular weight is 346 g/mol. The van der Waals surface area contributed by atoms with Crippen molar-refractivity contribution in [2.45, 2.75) is 38.8 Å². The summed E-state index contributed by atoms with van der Waals surface area (Å²) in [5, 5.41) is 9.69. The number of piperidine rings is 1. The third-order valence-corrected chi connectivity index (χ3v) is 5.15. The van der Waals surface area contributed by atoms with Crippen LogP contribution < -0.4 is 0 Å². The van der Waals surface area contributed by atoms with Crippen LogP contribution in [0.5, 0.6) is 0 Å². The van der Waals surface area contributed by atoms with Crippen LogP contribution in [0.3, 0.4) is 0 Å². The predicted molar refractivity (Wildman–Crippen MR) is 93.8 cm³/mol. The maximum Gasteiger partial charge on any atom is 0.326 e. The molecule has 2 atom stereocenters. The topological polar surface area (TPSA) is 70.1 Å². The van der Waals surface area contributed by atoms with E-state index >= 15 is 0 Å². The Morgan fingerprint density at radius 1 is 1.08 bits per heavy atom. The molecule has 0 aromatic heterocycles. The zero-order valence-corrected chi connectivity index (χ0v) is 14.9. The van der Waals surface area contributed by atoms with Crippen molar-refractivity contribution in [2.24, 2.45) is 0 Å². The summed E-state index contributed by atoms with van der Waals surface area (Å²) >= 11 is 0. The van der Waals surface area contributed by atoms with Crippen LogP contribution in [0.2, 0.25) is 0 Å². The maximum atomic E-state index is 12.9. The van der Waals surface area contributed by atoms with Crippen molar-refractivity contribution in [1.82, 2.24) is 9.80 Å². The molecular weight excluding hydrogens is 320 g/mol. The van der Waals surface area contributed by atoms with Crippen molar-refractivity contribution < 1.29 is 19.4 Å². The van der Waals surface area contributed by atoms with Gasteiger partial charge in [0.05, 0.1) is 13.2 Å². The number of carbonyl (C=O) groups is 2. The molecule has 0 radical (unpaired) electrons. The summed E-state index contributed by atoms with van der Waals surface area (Å²) in [5.74, 6) is -1.10. The highest BCUT2D eigenvalue weighted by atomic mass is 16.5. The second-order valence-corrected chi connectivity index (χ2v) is 7.06. The van der Waals surface area contributed by atoms with E-state index in [-0.39, 0.29) is 11.9 Å². The van der Waals surface area contributed by atoms with Crippen LogP contribution in [0.25, 0.3) is 0 Å². The monoisotopic (exact) mass is 346 g/mol. The minimum Gasteiger partial charge on any atom is -0.480 e. The first-order valence-electron chi connectivity index (χ1n) is 8.89. The number of likely N-dealkylation sites (tertiary alicyclic amines) is 1. The molecule has 2 aliphatic rings. The largest absolute Gasteiger partial charge is 0.480 e. The van der Waals surface area contributed by atoms with E-state index < -0.39 is 12.0 Å². The number of morpholine rings is 1. The molecule has 1 amide bonds. The normalized spacial score (nSPS) is 25.0. The summed E-state index contributed by atoms with van der Waals surface area (Å²) in [6, 6.07) is 5.11. The molecule has 6 nitrogen and oxygen atoms in total. The van der Waals surface area contributed by atoms with E-state index in [1.165, 1.54) is 4.90 Å². The van der Waals surface area contributed by atoms with Gasteiger partial charge >= 0.3 is 5.97 Å². The smallest absolute Gasteiger partial charge is 0.326 e. The number of aliphatic carboxylic acids is 1. The Kier molecular flexibility index (Phi) is 5.39. The molecule has 6 heteroatoms. The molecule has 0 bridgehead atoms.